The summed E-state index contributed by atoms with van der Waals surface area (Å²) in [4.78, 5) is 14.2. The number of hydrogen-bond acceptors (Lipinski definition) is 3. The highest BCUT2D eigenvalue weighted by Crippen LogP contribution is 2.25. The van der Waals surface area contributed by atoms with Crippen LogP contribution < -0.4 is 9.62 Å². The molecule has 0 unspecified atom stereocenters. The van der Waals surface area contributed by atoms with E-state index in [1.54, 1.807) is 55.5 Å². The third-order valence-electron chi connectivity index (χ3n) is 4.02. The van der Waals surface area contributed by atoms with Crippen molar-refractivity contribution in [3.8, 4) is 0 Å². The normalized spacial score (nSPS) is 11.7. The zero-order chi connectivity index (χ0) is 20.0. The van der Waals surface area contributed by atoms with Gasteiger partial charge in [-0.15, -0.1) is 0 Å². The zero-order valence-corrected chi connectivity index (χ0v) is 16.1. The van der Waals surface area contributed by atoms with Gasteiger partial charge in [-0.3, -0.25) is 4.90 Å². The van der Waals surface area contributed by atoms with Gasteiger partial charge in [0.15, 0.2) is 0 Å². The molecule has 0 fully saturated rings. The topological polar surface area (TPSA) is 66.5 Å². The first-order valence-electron chi connectivity index (χ1n) is 8.67. The molecule has 0 aliphatic carbocycles. The standard InChI is InChI=1S/C22H20N2O3S/c1-18(19-11-5-2-6-12-19)17-28(26,27)23-22(25)24(20-13-7-3-8-14-20)21-15-9-4-10-16-21/h2-17H,1H3,(H,23,25). The number of carbonyl (C=O) groups is 1. The number of urea groups is 1. The fourth-order valence-corrected chi connectivity index (χ4v) is 3.73. The highest BCUT2D eigenvalue weighted by molar-refractivity contribution is 7.93. The second-order valence-electron chi connectivity index (χ2n) is 6.13. The monoisotopic (exact) mass is 392 g/mol. The molecule has 0 saturated heterocycles. The van der Waals surface area contributed by atoms with Gasteiger partial charge in [0.25, 0.3) is 10.0 Å². The Balaban J connectivity index is 1.90. The Morgan fingerprint density at radius 2 is 1.21 bits per heavy atom. The maximum Gasteiger partial charge on any atom is 0.340 e. The molecule has 28 heavy (non-hydrogen) atoms. The van der Waals surface area contributed by atoms with E-state index in [0.717, 1.165) is 11.0 Å². The van der Waals surface area contributed by atoms with Crippen molar-refractivity contribution in [3.63, 3.8) is 0 Å². The summed E-state index contributed by atoms with van der Waals surface area (Å²) < 4.78 is 27.3. The summed E-state index contributed by atoms with van der Waals surface area (Å²) in [5.41, 5.74) is 2.42. The van der Waals surface area contributed by atoms with E-state index in [9.17, 15) is 13.2 Å². The minimum Gasteiger partial charge on any atom is -0.262 e. The molecule has 3 aromatic rings. The van der Waals surface area contributed by atoms with Gasteiger partial charge in [-0.05, 0) is 42.3 Å². The molecule has 3 rings (SSSR count). The third-order valence-corrected chi connectivity index (χ3v) is 5.15. The molecule has 0 radical (unpaired) electrons. The predicted molar refractivity (Wildman–Crippen MR) is 113 cm³/mol. The minimum atomic E-state index is -3.99. The Morgan fingerprint density at radius 1 is 0.786 bits per heavy atom. The van der Waals surface area contributed by atoms with Gasteiger partial charge in [0, 0.05) is 0 Å². The number of anilines is 2. The predicted octanol–water partition coefficient (Wildman–Crippen LogP) is 4.93. The van der Waals surface area contributed by atoms with Gasteiger partial charge >= 0.3 is 6.03 Å². The smallest absolute Gasteiger partial charge is 0.262 e. The maximum atomic E-state index is 12.9. The van der Waals surface area contributed by atoms with Crippen molar-refractivity contribution in [1.29, 1.82) is 0 Å². The maximum absolute atomic E-state index is 12.9. The number of allylic oxidation sites excluding steroid dienone is 1. The molecule has 0 atom stereocenters. The Morgan fingerprint density at radius 3 is 1.68 bits per heavy atom. The Labute approximate surface area is 165 Å². The van der Waals surface area contributed by atoms with E-state index in [4.69, 9.17) is 0 Å². The SMILES string of the molecule is CC(=CS(=O)(=O)NC(=O)N(c1ccccc1)c1ccccc1)c1ccccc1. The van der Waals surface area contributed by atoms with Crippen molar-refractivity contribution in [2.24, 2.45) is 0 Å². The second-order valence-corrected chi connectivity index (χ2v) is 7.66. The van der Waals surface area contributed by atoms with Gasteiger partial charge < -0.3 is 0 Å². The number of nitrogens with one attached hydrogen (secondary N) is 1. The van der Waals surface area contributed by atoms with Gasteiger partial charge in [-0.2, -0.15) is 0 Å². The van der Waals surface area contributed by atoms with Gasteiger partial charge in [0.2, 0.25) is 0 Å². The summed E-state index contributed by atoms with van der Waals surface area (Å²) in [7, 11) is -3.99. The van der Waals surface area contributed by atoms with Crippen molar-refractivity contribution < 1.29 is 13.2 Å². The van der Waals surface area contributed by atoms with Gasteiger partial charge in [0.1, 0.15) is 0 Å². The van der Waals surface area contributed by atoms with E-state index in [-0.39, 0.29) is 0 Å². The molecule has 2 amide bonds. The molecule has 0 aliphatic heterocycles. The van der Waals surface area contributed by atoms with Crippen LogP contribution in [0.2, 0.25) is 0 Å². The van der Waals surface area contributed by atoms with Gasteiger partial charge in [-0.1, -0.05) is 66.7 Å². The number of hydrogen-bond donors (Lipinski definition) is 1. The van der Waals surface area contributed by atoms with Crippen LogP contribution in [0.5, 0.6) is 0 Å². The van der Waals surface area contributed by atoms with Crippen molar-refractivity contribution >= 4 is 33.0 Å². The molecule has 0 bridgehead atoms. The summed E-state index contributed by atoms with van der Waals surface area (Å²) in [5.74, 6) is 0. The molecule has 0 saturated carbocycles. The number of amides is 2. The van der Waals surface area contributed by atoms with E-state index in [2.05, 4.69) is 4.72 Å². The van der Waals surface area contributed by atoms with E-state index in [1.165, 1.54) is 4.90 Å². The Hall–Kier alpha value is -3.38. The first kappa shape index (κ1) is 19.4. The van der Waals surface area contributed by atoms with Crippen LogP contribution in [0.15, 0.2) is 96.4 Å². The lowest BCUT2D eigenvalue weighted by molar-refractivity contribution is 0.253. The van der Waals surface area contributed by atoms with Crippen molar-refractivity contribution in [1.82, 2.24) is 4.72 Å². The van der Waals surface area contributed by atoms with Crippen molar-refractivity contribution in [2.45, 2.75) is 6.92 Å². The lowest BCUT2D eigenvalue weighted by Gasteiger charge is -2.23. The first-order chi connectivity index (χ1) is 13.5. The van der Waals surface area contributed by atoms with Crippen LogP contribution in [-0.4, -0.2) is 14.4 Å². The van der Waals surface area contributed by atoms with E-state index >= 15 is 0 Å². The van der Waals surface area contributed by atoms with Crippen molar-refractivity contribution in [2.75, 3.05) is 4.90 Å². The second kappa shape index (κ2) is 8.54. The molecule has 0 aromatic heterocycles. The number of carbonyl (C=O) groups excluding carboxylic acids is 1. The largest absolute Gasteiger partial charge is 0.340 e. The average Bonchev–Trinajstić information content (AvgIpc) is 2.69. The highest BCUT2D eigenvalue weighted by atomic mass is 32.2. The molecule has 0 aliphatic rings. The number of benzene rings is 3. The molecule has 0 heterocycles. The summed E-state index contributed by atoms with van der Waals surface area (Å²) >= 11 is 0. The molecule has 0 spiro atoms. The average molecular weight is 392 g/mol. The van der Waals surface area contributed by atoms with Crippen LogP contribution in [0.1, 0.15) is 12.5 Å². The van der Waals surface area contributed by atoms with Crippen LogP contribution in [0.25, 0.3) is 5.57 Å². The zero-order valence-electron chi connectivity index (χ0n) is 15.3. The third kappa shape index (κ3) is 4.86. The molecule has 5 nitrogen and oxygen atoms in total. The quantitative estimate of drug-likeness (QED) is 0.670. The number of rotatable bonds is 5. The van der Waals surface area contributed by atoms with Crippen molar-refractivity contribution in [3.05, 3.63) is 102 Å². The molecule has 142 valence electrons. The summed E-state index contributed by atoms with van der Waals surface area (Å²) in [5, 5.41) is 1.06. The number of sulfonamides is 1. The molecule has 1 N–H and O–H groups in total. The lowest BCUT2D eigenvalue weighted by Crippen LogP contribution is -2.39. The Bertz CT molecular complexity index is 1030. The minimum absolute atomic E-state index is 0.534. The van der Waals surface area contributed by atoms with Crippen LogP contribution >= 0.6 is 0 Å². The molecular weight excluding hydrogens is 372 g/mol. The summed E-state index contributed by atoms with van der Waals surface area (Å²) in [6, 6.07) is 26.1. The van der Waals surface area contributed by atoms with Crippen LogP contribution in [0.4, 0.5) is 16.2 Å². The van der Waals surface area contributed by atoms with Gasteiger partial charge in [0.05, 0.1) is 16.8 Å². The molecule has 3 aromatic carbocycles. The van der Waals surface area contributed by atoms with Crippen LogP contribution in [-0.2, 0) is 10.0 Å². The first-order valence-corrected chi connectivity index (χ1v) is 10.2. The lowest BCUT2D eigenvalue weighted by atomic mass is 10.1. The van der Waals surface area contributed by atoms with Crippen LogP contribution in [0.3, 0.4) is 0 Å². The van der Waals surface area contributed by atoms with E-state index in [1.807, 2.05) is 42.5 Å². The molecule has 6 heteroatoms. The van der Waals surface area contributed by atoms with Crippen LogP contribution in [0, 0.1) is 0 Å². The molecular formula is C22H20N2O3S. The number of nitrogens with zero attached hydrogens (tertiary/aromatic N) is 1. The fraction of sp³-hybridized carbons (Fsp3) is 0.0455. The van der Waals surface area contributed by atoms with E-state index in [0.29, 0.717) is 16.9 Å². The summed E-state index contributed by atoms with van der Waals surface area (Å²) in [6.07, 6.45) is 0. The van der Waals surface area contributed by atoms with Gasteiger partial charge in [-0.25, -0.2) is 17.9 Å². The van der Waals surface area contributed by atoms with E-state index < -0.39 is 16.1 Å². The Kier molecular flexibility index (Phi) is 5.91. The fourth-order valence-electron chi connectivity index (χ4n) is 2.74. The summed E-state index contributed by atoms with van der Waals surface area (Å²) in [6.45, 7) is 1.69. The highest BCUT2D eigenvalue weighted by Gasteiger charge is 2.22. The number of para-hydroxylation sites is 2.